The number of hydrogen-bond donors (Lipinski definition) is 4. The van der Waals surface area contributed by atoms with Gasteiger partial charge in [-0.25, -0.2) is 5.06 Å². The van der Waals surface area contributed by atoms with Crippen LogP contribution >= 0.6 is 0 Å². The summed E-state index contributed by atoms with van der Waals surface area (Å²) in [5, 5.41) is 15.7. The maximum Gasteiger partial charge on any atom is 0.288 e. The van der Waals surface area contributed by atoms with E-state index in [0.29, 0.717) is 35.9 Å². The van der Waals surface area contributed by atoms with E-state index < -0.39 is 17.9 Å². The summed E-state index contributed by atoms with van der Waals surface area (Å²) >= 11 is 0. The Morgan fingerprint density at radius 2 is 1.97 bits per heavy atom. The first-order chi connectivity index (χ1) is 16.9. The van der Waals surface area contributed by atoms with Crippen molar-refractivity contribution < 1.29 is 24.0 Å². The molecule has 190 valence electrons. The first-order valence-corrected chi connectivity index (χ1v) is 11.8. The molecule has 35 heavy (non-hydrogen) atoms. The van der Waals surface area contributed by atoms with Crippen LogP contribution < -0.4 is 16.4 Å². The molecule has 0 fully saturated rings. The van der Waals surface area contributed by atoms with Gasteiger partial charge in [-0.2, -0.15) is 0 Å². The summed E-state index contributed by atoms with van der Waals surface area (Å²) in [7, 11) is 1.61. The Balaban J connectivity index is 2.00. The molecule has 1 aromatic carbocycles. The SMILES string of the molecule is CCCCC[C@@H](C(=O)NCNC(=O)c1ccc(-c2cccc(C(N)=NC)c2)o1)[C@@H](CC)N(O)C=O. The Bertz CT molecular complexity index is 1020. The number of aliphatic imine (C=N–C) groups is 1. The summed E-state index contributed by atoms with van der Waals surface area (Å²) in [4.78, 5) is 40.4. The number of nitrogens with two attached hydrogens (primary N) is 1. The Morgan fingerprint density at radius 3 is 2.63 bits per heavy atom. The second-order valence-electron chi connectivity index (χ2n) is 8.14. The van der Waals surface area contributed by atoms with E-state index in [1.54, 1.807) is 26.1 Å². The molecule has 0 unspecified atom stereocenters. The van der Waals surface area contributed by atoms with E-state index in [-0.39, 0.29) is 18.3 Å². The van der Waals surface area contributed by atoms with Crippen molar-refractivity contribution in [1.29, 1.82) is 0 Å². The van der Waals surface area contributed by atoms with Gasteiger partial charge in [0.15, 0.2) is 5.76 Å². The van der Waals surface area contributed by atoms with Gasteiger partial charge in [0.2, 0.25) is 12.3 Å². The number of carbonyl (C=O) groups is 3. The lowest BCUT2D eigenvalue weighted by molar-refractivity contribution is -0.168. The second kappa shape index (κ2) is 13.9. The zero-order valence-electron chi connectivity index (χ0n) is 20.5. The molecule has 1 aromatic heterocycles. The molecule has 0 spiro atoms. The summed E-state index contributed by atoms with van der Waals surface area (Å²) in [6, 6.07) is 9.88. The molecule has 2 atom stereocenters. The van der Waals surface area contributed by atoms with Gasteiger partial charge >= 0.3 is 0 Å². The van der Waals surface area contributed by atoms with E-state index in [4.69, 9.17) is 10.2 Å². The lowest BCUT2D eigenvalue weighted by atomic mass is 9.90. The van der Waals surface area contributed by atoms with Gasteiger partial charge in [-0.1, -0.05) is 51.3 Å². The van der Waals surface area contributed by atoms with Crippen molar-refractivity contribution in [1.82, 2.24) is 15.7 Å². The maximum atomic E-state index is 12.8. The van der Waals surface area contributed by atoms with Gasteiger partial charge in [0.1, 0.15) is 11.6 Å². The summed E-state index contributed by atoms with van der Waals surface area (Å²) in [5.74, 6) is -0.466. The highest BCUT2D eigenvalue weighted by molar-refractivity contribution is 5.98. The topological polar surface area (TPSA) is 150 Å². The van der Waals surface area contributed by atoms with Gasteiger partial charge in [-0.15, -0.1) is 0 Å². The third-order valence-corrected chi connectivity index (χ3v) is 5.81. The van der Waals surface area contributed by atoms with Crippen molar-refractivity contribution in [2.75, 3.05) is 13.7 Å². The van der Waals surface area contributed by atoms with Crippen LogP contribution in [0.3, 0.4) is 0 Å². The number of unbranched alkanes of at least 4 members (excludes halogenated alkanes) is 2. The van der Waals surface area contributed by atoms with E-state index in [1.807, 2.05) is 24.3 Å². The third-order valence-electron chi connectivity index (χ3n) is 5.81. The average Bonchev–Trinajstić information content (AvgIpc) is 3.38. The quantitative estimate of drug-likeness (QED) is 0.0614. The van der Waals surface area contributed by atoms with Crippen LogP contribution in [0.4, 0.5) is 0 Å². The lowest BCUT2D eigenvalue weighted by Gasteiger charge is -2.29. The molecule has 5 N–H and O–H groups in total. The highest BCUT2D eigenvalue weighted by atomic mass is 16.5. The van der Waals surface area contributed by atoms with Crippen molar-refractivity contribution in [3.63, 3.8) is 0 Å². The van der Waals surface area contributed by atoms with Crippen molar-refractivity contribution in [2.45, 2.75) is 52.0 Å². The molecular weight excluding hydrogens is 450 g/mol. The van der Waals surface area contributed by atoms with E-state index >= 15 is 0 Å². The Kier molecular flexibility index (Phi) is 11.0. The standard InChI is InChI=1S/C25H35N5O5/c1-4-6-7-11-19(20(5-2)30(34)16-31)24(32)28-15-29-25(33)22-13-12-21(35-22)17-9-8-10-18(14-17)23(26)27-3/h8-10,12-14,16,19-20,34H,4-7,11,15H2,1-3H3,(H2,26,27)(H,28,32)(H,29,33)/t19-,20-/m1/s1. The highest BCUT2D eigenvalue weighted by Crippen LogP contribution is 2.23. The average molecular weight is 486 g/mol. The molecule has 0 aliphatic heterocycles. The number of benzene rings is 1. The number of amides is 3. The van der Waals surface area contributed by atoms with Crippen molar-refractivity contribution in [2.24, 2.45) is 16.6 Å². The van der Waals surface area contributed by atoms with Crippen molar-refractivity contribution >= 4 is 24.1 Å². The third kappa shape index (κ3) is 7.68. The fraction of sp³-hybridized carbons (Fsp3) is 0.440. The first kappa shape index (κ1) is 27.6. The zero-order chi connectivity index (χ0) is 25.8. The van der Waals surface area contributed by atoms with Gasteiger partial charge in [0, 0.05) is 18.2 Å². The normalized spacial score (nSPS) is 13.1. The largest absolute Gasteiger partial charge is 0.451 e. The highest BCUT2D eigenvalue weighted by Gasteiger charge is 2.30. The van der Waals surface area contributed by atoms with Crippen molar-refractivity contribution in [3.8, 4) is 11.3 Å². The monoisotopic (exact) mass is 485 g/mol. The molecule has 10 nitrogen and oxygen atoms in total. The molecule has 10 heteroatoms. The predicted octanol–water partition coefficient (Wildman–Crippen LogP) is 2.91. The van der Waals surface area contributed by atoms with Crippen LogP contribution in [0.1, 0.15) is 62.1 Å². The van der Waals surface area contributed by atoms with Crippen LogP contribution in [-0.4, -0.2) is 54.1 Å². The number of nitrogens with zero attached hydrogens (tertiary/aromatic N) is 2. The molecule has 0 aliphatic rings. The van der Waals surface area contributed by atoms with Crippen LogP contribution in [0, 0.1) is 5.92 Å². The molecule has 0 radical (unpaired) electrons. The molecule has 2 rings (SSSR count). The molecule has 0 saturated heterocycles. The molecular formula is C25H35N5O5. The minimum absolute atomic E-state index is 0.0881. The Morgan fingerprint density at radius 1 is 1.20 bits per heavy atom. The van der Waals surface area contributed by atoms with E-state index in [1.165, 1.54) is 0 Å². The van der Waals surface area contributed by atoms with Crippen LogP contribution in [0.2, 0.25) is 0 Å². The molecule has 0 aliphatic carbocycles. The number of hydroxylamine groups is 2. The summed E-state index contributed by atoms with van der Waals surface area (Å²) in [6.45, 7) is 3.73. The summed E-state index contributed by atoms with van der Waals surface area (Å²) in [6.07, 6.45) is 3.94. The Labute approximate surface area is 205 Å². The summed E-state index contributed by atoms with van der Waals surface area (Å²) in [5.41, 5.74) is 7.35. The molecule has 1 heterocycles. The van der Waals surface area contributed by atoms with Gasteiger partial charge < -0.3 is 20.8 Å². The fourth-order valence-electron chi connectivity index (χ4n) is 3.85. The first-order valence-electron chi connectivity index (χ1n) is 11.8. The molecule has 0 bridgehead atoms. The lowest BCUT2D eigenvalue weighted by Crippen LogP contribution is -2.47. The van der Waals surface area contributed by atoms with Crippen LogP contribution in [0.5, 0.6) is 0 Å². The van der Waals surface area contributed by atoms with Gasteiger partial charge in [0.25, 0.3) is 5.91 Å². The smallest absolute Gasteiger partial charge is 0.288 e. The van der Waals surface area contributed by atoms with Crippen LogP contribution in [0.25, 0.3) is 11.3 Å². The molecule has 3 amide bonds. The number of carbonyl (C=O) groups excluding carboxylic acids is 3. The maximum absolute atomic E-state index is 12.8. The minimum Gasteiger partial charge on any atom is -0.451 e. The Hall–Kier alpha value is -3.66. The number of rotatable bonds is 14. The predicted molar refractivity (Wildman–Crippen MR) is 133 cm³/mol. The zero-order valence-corrected chi connectivity index (χ0v) is 20.5. The number of nitrogens with one attached hydrogen (secondary N) is 2. The van der Waals surface area contributed by atoms with E-state index in [9.17, 15) is 19.6 Å². The minimum atomic E-state index is -0.643. The van der Waals surface area contributed by atoms with Gasteiger partial charge in [-0.3, -0.25) is 24.6 Å². The van der Waals surface area contributed by atoms with Crippen molar-refractivity contribution in [3.05, 3.63) is 47.7 Å². The van der Waals surface area contributed by atoms with Crippen LogP contribution in [0.15, 0.2) is 45.8 Å². The van der Waals surface area contributed by atoms with E-state index in [0.717, 1.165) is 30.4 Å². The number of furan rings is 1. The van der Waals surface area contributed by atoms with Gasteiger partial charge in [0.05, 0.1) is 18.6 Å². The van der Waals surface area contributed by atoms with Crippen LogP contribution in [-0.2, 0) is 9.59 Å². The fourth-order valence-corrected chi connectivity index (χ4v) is 3.85. The summed E-state index contributed by atoms with van der Waals surface area (Å²) < 4.78 is 5.69. The second-order valence-corrected chi connectivity index (χ2v) is 8.14. The number of hydrogen-bond acceptors (Lipinski definition) is 6. The number of amidine groups is 1. The van der Waals surface area contributed by atoms with Gasteiger partial charge in [-0.05, 0) is 31.0 Å². The van der Waals surface area contributed by atoms with E-state index in [2.05, 4.69) is 22.5 Å². The molecule has 0 saturated carbocycles. The molecule has 2 aromatic rings.